The highest BCUT2D eigenvalue weighted by Crippen LogP contribution is 2.29. The summed E-state index contributed by atoms with van der Waals surface area (Å²) in [5.74, 6) is -0.509. The van der Waals surface area contributed by atoms with Crippen molar-refractivity contribution in [2.75, 3.05) is 7.11 Å². The third kappa shape index (κ3) is 2.35. The molecule has 1 aromatic rings. The number of ether oxygens (including phenoxy) is 1. The van der Waals surface area contributed by atoms with Gasteiger partial charge in [0.25, 0.3) is 11.6 Å². The second-order valence-corrected chi connectivity index (χ2v) is 3.79. The average molecular weight is 322 g/mol. The minimum atomic E-state index is -0.825. The standard InChI is InChI=1S/C8H7IN2O4/c1-15-4-2-5(9)7(8(10)12)6(3-4)11(13)14/h2-3H,1H3,(H2,10,12). The van der Waals surface area contributed by atoms with Crippen LogP contribution in [0.3, 0.4) is 0 Å². The number of carbonyl (C=O) groups is 1. The van der Waals surface area contributed by atoms with Gasteiger partial charge in [0.2, 0.25) is 0 Å². The lowest BCUT2D eigenvalue weighted by Gasteiger charge is -2.05. The largest absolute Gasteiger partial charge is 0.496 e. The third-order valence-electron chi connectivity index (χ3n) is 1.72. The van der Waals surface area contributed by atoms with E-state index in [1.54, 1.807) is 22.6 Å². The van der Waals surface area contributed by atoms with E-state index in [0.29, 0.717) is 9.32 Å². The third-order valence-corrected chi connectivity index (χ3v) is 2.57. The summed E-state index contributed by atoms with van der Waals surface area (Å²) in [7, 11) is 1.39. The first-order valence-electron chi connectivity index (χ1n) is 3.79. The van der Waals surface area contributed by atoms with E-state index in [0.717, 1.165) is 0 Å². The van der Waals surface area contributed by atoms with Gasteiger partial charge in [-0.3, -0.25) is 14.9 Å². The molecule has 1 rings (SSSR count). The first-order valence-corrected chi connectivity index (χ1v) is 4.87. The van der Waals surface area contributed by atoms with E-state index in [9.17, 15) is 14.9 Å². The normalized spacial score (nSPS) is 9.73. The first-order chi connectivity index (χ1) is 6.97. The Morgan fingerprint density at radius 2 is 2.20 bits per heavy atom. The van der Waals surface area contributed by atoms with Gasteiger partial charge in [0.1, 0.15) is 11.3 Å². The number of nitrogens with two attached hydrogens (primary N) is 1. The summed E-state index contributed by atoms with van der Waals surface area (Å²) >= 11 is 1.80. The minimum Gasteiger partial charge on any atom is -0.496 e. The number of carbonyl (C=O) groups excluding carboxylic acids is 1. The van der Waals surface area contributed by atoms with Crippen molar-refractivity contribution >= 4 is 34.2 Å². The van der Waals surface area contributed by atoms with E-state index < -0.39 is 10.8 Å². The molecule has 80 valence electrons. The van der Waals surface area contributed by atoms with Crippen LogP contribution in [0.25, 0.3) is 0 Å². The van der Waals surface area contributed by atoms with Gasteiger partial charge in [0.05, 0.1) is 18.1 Å². The number of nitrogens with zero attached hydrogens (tertiary/aromatic N) is 1. The average Bonchev–Trinajstić information content (AvgIpc) is 2.15. The fraction of sp³-hybridized carbons (Fsp3) is 0.125. The second-order valence-electron chi connectivity index (χ2n) is 2.62. The van der Waals surface area contributed by atoms with Crippen LogP contribution >= 0.6 is 22.6 Å². The van der Waals surface area contributed by atoms with Gasteiger partial charge >= 0.3 is 0 Å². The molecule has 0 saturated carbocycles. The van der Waals surface area contributed by atoms with Gasteiger partial charge in [-0.15, -0.1) is 0 Å². The van der Waals surface area contributed by atoms with Crippen LogP contribution in [0.15, 0.2) is 12.1 Å². The maximum atomic E-state index is 11.0. The molecule has 0 radical (unpaired) electrons. The van der Waals surface area contributed by atoms with Crippen LogP contribution in [0.5, 0.6) is 5.75 Å². The molecule has 0 unspecified atom stereocenters. The van der Waals surface area contributed by atoms with Gasteiger partial charge in [-0.25, -0.2) is 0 Å². The lowest BCUT2D eigenvalue weighted by Crippen LogP contribution is -2.15. The zero-order valence-electron chi connectivity index (χ0n) is 7.69. The zero-order chi connectivity index (χ0) is 11.6. The Morgan fingerprint density at radius 3 is 2.60 bits per heavy atom. The number of methoxy groups -OCH3 is 1. The Balaban J connectivity index is 3.49. The van der Waals surface area contributed by atoms with Gasteiger partial charge in [0, 0.05) is 3.57 Å². The molecule has 0 aliphatic carbocycles. The van der Waals surface area contributed by atoms with Gasteiger partial charge in [-0.1, -0.05) is 0 Å². The molecule has 0 saturated heterocycles. The molecule has 0 aliphatic rings. The predicted octanol–water partition coefficient (Wildman–Crippen LogP) is 1.31. The van der Waals surface area contributed by atoms with Crippen molar-refractivity contribution in [2.45, 2.75) is 0 Å². The van der Waals surface area contributed by atoms with E-state index in [1.165, 1.54) is 19.2 Å². The predicted molar refractivity (Wildman–Crippen MR) is 60.9 cm³/mol. The fourth-order valence-corrected chi connectivity index (χ4v) is 1.92. The maximum absolute atomic E-state index is 11.0. The zero-order valence-corrected chi connectivity index (χ0v) is 9.85. The van der Waals surface area contributed by atoms with Crippen molar-refractivity contribution in [3.63, 3.8) is 0 Å². The molecule has 0 bridgehead atoms. The Labute approximate surface area is 98.7 Å². The molecular formula is C8H7IN2O4. The number of nitro groups is 1. The van der Waals surface area contributed by atoms with Crippen molar-refractivity contribution in [1.29, 1.82) is 0 Å². The number of nitro benzene ring substituents is 1. The lowest BCUT2D eigenvalue weighted by atomic mass is 10.1. The molecule has 0 fully saturated rings. The van der Waals surface area contributed by atoms with Crippen LogP contribution in [-0.2, 0) is 0 Å². The number of primary amides is 1. The summed E-state index contributed by atoms with van der Waals surface area (Å²) in [6.45, 7) is 0. The fourth-order valence-electron chi connectivity index (χ4n) is 1.07. The number of amides is 1. The summed E-state index contributed by atoms with van der Waals surface area (Å²) in [5.41, 5.74) is 4.62. The Kier molecular flexibility index (Phi) is 3.45. The van der Waals surface area contributed by atoms with Gasteiger partial charge < -0.3 is 10.5 Å². The summed E-state index contributed by atoms with van der Waals surface area (Å²) in [4.78, 5) is 21.0. The number of halogens is 1. The molecule has 1 aromatic carbocycles. The molecule has 0 atom stereocenters. The van der Waals surface area contributed by atoms with Crippen LogP contribution in [0.4, 0.5) is 5.69 Å². The summed E-state index contributed by atoms with van der Waals surface area (Å²) in [5, 5.41) is 10.7. The molecule has 0 heterocycles. The number of rotatable bonds is 3. The van der Waals surface area contributed by atoms with Crippen LogP contribution in [-0.4, -0.2) is 17.9 Å². The van der Waals surface area contributed by atoms with Crippen molar-refractivity contribution in [1.82, 2.24) is 0 Å². The minimum absolute atomic E-state index is 0.0959. The Bertz CT molecular complexity index is 433. The number of benzene rings is 1. The van der Waals surface area contributed by atoms with E-state index >= 15 is 0 Å². The smallest absolute Gasteiger partial charge is 0.286 e. The number of hydrogen-bond donors (Lipinski definition) is 1. The van der Waals surface area contributed by atoms with E-state index in [1.807, 2.05) is 0 Å². The molecule has 7 heteroatoms. The molecule has 1 amide bonds. The van der Waals surface area contributed by atoms with Crippen LogP contribution in [0.2, 0.25) is 0 Å². The Morgan fingerprint density at radius 1 is 1.60 bits per heavy atom. The molecular weight excluding hydrogens is 315 g/mol. The summed E-state index contributed by atoms with van der Waals surface area (Å²) in [6.07, 6.45) is 0. The highest BCUT2D eigenvalue weighted by molar-refractivity contribution is 14.1. The van der Waals surface area contributed by atoms with Gasteiger partial charge in [0.15, 0.2) is 0 Å². The molecule has 0 aromatic heterocycles. The maximum Gasteiger partial charge on any atom is 0.286 e. The monoisotopic (exact) mass is 322 g/mol. The van der Waals surface area contributed by atoms with Crippen molar-refractivity contribution in [3.05, 3.63) is 31.4 Å². The lowest BCUT2D eigenvalue weighted by molar-refractivity contribution is -0.385. The van der Waals surface area contributed by atoms with Crippen LogP contribution in [0, 0.1) is 13.7 Å². The van der Waals surface area contributed by atoms with E-state index in [-0.39, 0.29) is 11.3 Å². The van der Waals surface area contributed by atoms with Crippen molar-refractivity contribution < 1.29 is 14.5 Å². The molecule has 2 N–H and O–H groups in total. The molecule has 6 nitrogen and oxygen atoms in total. The molecule has 0 aliphatic heterocycles. The first kappa shape index (κ1) is 11.7. The van der Waals surface area contributed by atoms with Gasteiger partial charge in [-0.05, 0) is 28.7 Å². The van der Waals surface area contributed by atoms with Gasteiger partial charge in [-0.2, -0.15) is 0 Å². The number of hydrogen-bond acceptors (Lipinski definition) is 4. The van der Waals surface area contributed by atoms with Crippen molar-refractivity contribution in [3.8, 4) is 5.75 Å². The topological polar surface area (TPSA) is 95.5 Å². The highest BCUT2D eigenvalue weighted by atomic mass is 127. The summed E-state index contributed by atoms with van der Waals surface area (Å²) < 4.78 is 5.25. The molecule has 15 heavy (non-hydrogen) atoms. The van der Waals surface area contributed by atoms with E-state index in [4.69, 9.17) is 10.5 Å². The van der Waals surface area contributed by atoms with Crippen molar-refractivity contribution in [2.24, 2.45) is 5.73 Å². The van der Waals surface area contributed by atoms with E-state index in [2.05, 4.69) is 0 Å². The second kappa shape index (κ2) is 4.43. The highest BCUT2D eigenvalue weighted by Gasteiger charge is 2.22. The summed E-state index contributed by atoms with van der Waals surface area (Å²) in [6, 6.07) is 2.68. The Hall–Kier alpha value is -1.38. The SMILES string of the molecule is COc1cc(I)c(C(N)=O)c([N+](=O)[O-])c1. The van der Waals surface area contributed by atoms with Crippen LogP contribution in [0.1, 0.15) is 10.4 Å². The van der Waals surface area contributed by atoms with Crippen LogP contribution < -0.4 is 10.5 Å². The molecule has 0 spiro atoms. The quantitative estimate of drug-likeness (QED) is 0.515.